The fraction of sp³-hybridized carbons (Fsp3) is 0.556. The van der Waals surface area contributed by atoms with Crippen LogP contribution < -0.4 is 16.0 Å². The summed E-state index contributed by atoms with van der Waals surface area (Å²) in [5.41, 5.74) is 6.44. The summed E-state index contributed by atoms with van der Waals surface area (Å²) >= 11 is 0. The summed E-state index contributed by atoms with van der Waals surface area (Å²) < 4.78 is 5.54. The van der Waals surface area contributed by atoms with Gasteiger partial charge in [-0.2, -0.15) is 0 Å². The average Bonchev–Trinajstić information content (AvgIpc) is 2.97. The van der Waals surface area contributed by atoms with Crippen molar-refractivity contribution in [2.45, 2.75) is 31.5 Å². The van der Waals surface area contributed by atoms with Crippen molar-refractivity contribution >= 4 is 17.6 Å². The van der Waals surface area contributed by atoms with Crippen molar-refractivity contribution in [3.8, 4) is 0 Å². The lowest BCUT2D eigenvalue weighted by Gasteiger charge is -2.24. The number of urea groups is 1. The minimum atomic E-state index is -0.514. The first-order valence-corrected chi connectivity index (χ1v) is 8.91. The number of amides is 3. The van der Waals surface area contributed by atoms with Crippen LogP contribution in [0.3, 0.4) is 0 Å². The van der Waals surface area contributed by atoms with Crippen molar-refractivity contribution in [3.05, 3.63) is 30.3 Å². The van der Waals surface area contributed by atoms with Gasteiger partial charge in [-0.1, -0.05) is 18.2 Å². The predicted molar refractivity (Wildman–Crippen MR) is 95.3 cm³/mol. The van der Waals surface area contributed by atoms with E-state index in [1.54, 1.807) is 0 Å². The third-order valence-corrected chi connectivity index (χ3v) is 4.81. The SMILES string of the molecule is NC(=O)[C@H]1CC[C@H](CNC(=O)N2CCCN(c3ccccc3)CC2)O1. The second kappa shape index (κ2) is 8.20. The fourth-order valence-electron chi connectivity index (χ4n) is 3.40. The fourth-order valence-corrected chi connectivity index (χ4v) is 3.40. The minimum Gasteiger partial charge on any atom is -0.370 e. The highest BCUT2D eigenvalue weighted by Crippen LogP contribution is 2.19. The Morgan fingerprint density at radius 2 is 1.92 bits per heavy atom. The zero-order chi connectivity index (χ0) is 17.6. The zero-order valence-electron chi connectivity index (χ0n) is 14.4. The third-order valence-electron chi connectivity index (χ3n) is 4.81. The zero-order valence-corrected chi connectivity index (χ0v) is 14.4. The standard InChI is InChI=1S/C18H26N4O3/c19-17(23)16-8-7-15(25-16)13-20-18(24)22-10-4-9-21(11-12-22)14-5-2-1-3-6-14/h1-3,5-6,15-16H,4,7-13H2,(H2,19,23)(H,20,24)/t15-,16-/m1/s1. The summed E-state index contributed by atoms with van der Waals surface area (Å²) in [6.07, 6.45) is 1.67. The molecule has 0 spiro atoms. The molecule has 25 heavy (non-hydrogen) atoms. The molecule has 0 bridgehead atoms. The Morgan fingerprint density at radius 1 is 1.12 bits per heavy atom. The van der Waals surface area contributed by atoms with Crippen LogP contribution in [0.5, 0.6) is 0 Å². The largest absolute Gasteiger partial charge is 0.370 e. The molecule has 2 heterocycles. The van der Waals surface area contributed by atoms with Crippen molar-refractivity contribution in [1.29, 1.82) is 0 Å². The molecule has 0 aromatic heterocycles. The van der Waals surface area contributed by atoms with Gasteiger partial charge in [-0.15, -0.1) is 0 Å². The van der Waals surface area contributed by atoms with Gasteiger partial charge < -0.3 is 25.6 Å². The number of para-hydroxylation sites is 1. The summed E-state index contributed by atoms with van der Waals surface area (Å²) in [5.74, 6) is -0.428. The number of nitrogens with zero attached hydrogens (tertiary/aromatic N) is 2. The average molecular weight is 346 g/mol. The number of hydrogen-bond donors (Lipinski definition) is 2. The maximum atomic E-state index is 12.4. The van der Waals surface area contributed by atoms with Gasteiger partial charge in [0.25, 0.3) is 0 Å². The minimum absolute atomic E-state index is 0.0685. The molecule has 2 aliphatic heterocycles. The van der Waals surface area contributed by atoms with Gasteiger partial charge >= 0.3 is 6.03 Å². The highest BCUT2D eigenvalue weighted by molar-refractivity contribution is 5.79. The lowest BCUT2D eigenvalue weighted by Crippen LogP contribution is -2.44. The number of nitrogens with two attached hydrogens (primary N) is 1. The molecule has 7 nitrogen and oxygen atoms in total. The van der Waals surface area contributed by atoms with Crippen LogP contribution in [0.4, 0.5) is 10.5 Å². The number of hydrogen-bond acceptors (Lipinski definition) is 4. The van der Waals surface area contributed by atoms with Gasteiger partial charge in [0, 0.05) is 38.4 Å². The molecule has 3 amide bonds. The first-order chi connectivity index (χ1) is 12.1. The van der Waals surface area contributed by atoms with Crippen molar-refractivity contribution in [2.24, 2.45) is 5.73 Å². The van der Waals surface area contributed by atoms with E-state index in [4.69, 9.17) is 10.5 Å². The molecule has 0 aliphatic carbocycles. The molecule has 1 aromatic rings. The quantitative estimate of drug-likeness (QED) is 0.849. The summed E-state index contributed by atoms with van der Waals surface area (Å²) in [6.45, 7) is 3.61. The second-order valence-electron chi connectivity index (χ2n) is 6.58. The molecule has 2 saturated heterocycles. The van der Waals surface area contributed by atoms with E-state index in [0.29, 0.717) is 19.5 Å². The van der Waals surface area contributed by atoms with Gasteiger partial charge in [0.05, 0.1) is 6.10 Å². The molecule has 1 aromatic carbocycles. The van der Waals surface area contributed by atoms with Crippen molar-refractivity contribution in [3.63, 3.8) is 0 Å². The van der Waals surface area contributed by atoms with E-state index in [2.05, 4.69) is 22.3 Å². The molecule has 2 fully saturated rings. The molecule has 3 rings (SSSR count). The van der Waals surface area contributed by atoms with Crippen LogP contribution in [0.1, 0.15) is 19.3 Å². The van der Waals surface area contributed by atoms with Gasteiger partial charge in [0.1, 0.15) is 6.10 Å². The van der Waals surface area contributed by atoms with E-state index in [1.807, 2.05) is 23.1 Å². The second-order valence-corrected chi connectivity index (χ2v) is 6.58. The molecule has 0 unspecified atom stereocenters. The Morgan fingerprint density at radius 3 is 2.64 bits per heavy atom. The molecule has 0 saturated carbocycles. The topological polar surface area (TPSA) is 87.9 Å². The summed E-state index contributed by atoms with van der Waals surface area (Å²) in [4.78, 5) is 27.7. The Bertz CT molecular complexity index is 595. The molecular weight excluding hydrogens is 320 g/mol. The lowest BCUT2D eigenvalue weighted by molar-refractivity contribution is -0.128. The van der Waals surface area contributed by atoms with Crippen LogP contribution in [0.2, 0.25) is 0 Å². The molecule has 0 radical (unpaired) electrons. The van der Waals surface area contributed by atoms with E-state index < -0.39 is 12.0 Å². The first-order valence-electron chi connectivity index (χ1n) is 8.91. The maximum absolute atomic E-state index is 12.4. The van der Waals surface area contributed by atoms with Gasteiger partial charge in [0.15, 0.2) is 0 Å². The van der Waals surface area contributed by atoms with E-state index in [9.17, 15) is 9.59 Å². The number of ether oxygens (including phenoxy) is 1. The Hall–Kier alpha value is -2.28. The smallest absolute Gasteiger partial charge is 0.317 e. The molecule has 136 valence electrons. The summed E-state index contributed by atoms with van der Waals surface area (Å²) in [5, 5.41) is 2.93. The highest BCUT2D eigenvalue weighted by Gasteiger charge is 2.29. The molecule has 2 atom stereocenters. The normalized spacial score (nSPS) is 24.0. The van der Waals surface area contributed by atoms with E-state index in [-0.39, 0.29) is 12.1 Å². The highest BCUT2D eigenvalue weighted by atomic mass is 16.5. The Kier molecular flexibility index (Phi) is 5.75. The van der Waals surface area contributed by atoms with Crippen molar-refractivity contribution in [2.75, 3.05) is 37.6 Å². The number of carbonyl (C=O) groups excluding carboxylic acids is 2. The number of carbonyl (C=O) groups is 2. The molecule has 2 aliphatic rings. The first kappa shape index (κ1) is 17.5. The van der Waals surface area contributed by atoms with E-state index in [1.165, 1.54) is 5.69 Å². The van der Waals surface area contributed by atoms with E-state index >= 15 is 0 Å². The van der Waals surface area contributed by atoms with Crippen LogP contribution in [-0.2, 0) is 9.53 Å². The van der Waals surface area contributed by atoms with Gasteiger partial charge in [-0.3, -0.25) is 4.79 Å². The van der Waals surface area contributed by atoms with Gasteiger partial charge in [-0.25, -0.2) is 4.79 Å². The summed E-state index contributed by atoms with van der Waals surface area (Å²) in [6, 6.07) is 10.2. The van der Waals surface area contributed by atoms with E-state index in [0.717, 1.165) is 32.5 Å². The Labute approximate surface area is 148 Å². The molecular formula is C18H26N4O3. The number of rotatable bonds is 4. The lowest BCUT2D eigenvalue weighted by atomic mass is 10.2. The summed E-state index contributed by atoms with van der Waals surface area (Å²) in [7, 11) is 0. The van der Waals surface area contributed by atoms with Crippen LogP contribution in [0.15, 0.2) is 30.3 Å². The predicted octanol–water partition coefficient (Wildman–Crippen LogP) is 0.941. The van der Waals surface area contributed by atoms with Gasteiger partial charge in [-0.05, 0) is 31.4 Å². The monoisotopic (exact) mass is 346 g/mol. The van der Waals surface area contributed by atoms with Gasteiger partial charge in [0.2, 0.25) is 5.91 Å². The van der Waals surface area contributed by atoms with Crippen molar-refractivity contribution < 1.29 is 14.3 Å². The number of benzene rings is 1. The number of primary amides is 1. The number of anilines is 1. The van der Waals surface area contributed by atoms with Crippen LogP contribution in [0.25, 0.3) is 0 Å². The third kappa shape index (κ3) is 4.63. The Balaban J connectivity index is 1.45. The van der Waals surface area contributed by atoms with Crippen LogP contribution >= 0.6 is 0 Å². The number of nitrogens with one attached hydrogen (secondary N) is 1. The van der Waals surface area contributed by atoms with Crippen LogP contribution in [-0.4, -0.2) is 61.8 Å². The molecule has 3 N–H and O–H groups in total. The molecule has 7 heteroatoms. The maximum Gasteiger partial charge on any atom is 0.317 e. The van der Waals surface area contributed by atoms with Crippen molar-refractivity contribution in [1.82, 2.24) is 10.2 Å². The van der Waals surface area contributed by atoms with Crippen LogP contribution in [0, 0.1) is 0 Å².